The van der Waals surface area contributed by atoms with Gasteiger partial charge in [0.15, 0.2) is 11.5 Å². The van der Waals surface area contributed by atoms with Crippen LogP contribution in [0.4, 0.5) is 11.8 Å². The van der Waals surface area contributed by atoms with Crippen molar-refractivity contribution in [1.82, 2.24) is 19.9 Å². The lowest BCUT2D eigenvalue weighted by Gasteiger charge is -2.06. The Morgan fingerprint density at radius 3 is 2.79 bits per heavy atom. The number of aromatic nitrogens is 4. The second kappa shape index (κ2) is 6.92. The van der Waals surface area contributed by atoms with Crippen molar-refractivity contribution in [2.45, 2.75) is 45.4 Å². The van der Waals surface area contributed by atoms with Gasteiger partial charge in [-0.3, -0.25) is 0 Å². The molecular weight excluding hydrogens is 240 g/mol. The van der Waals surface area contributed by atoms with Crippen molar-refractivity contribution in [3.8, 4) is 0 Å². The summed E-state index contributed by atoms with van der Waals surface area (Å²) in [5.41, 5.74) is 7.08. The zero-order valence-electron chi connectivity index (χ0n) is 11.4. The van der Waals surface area contributed by atoms with Gasteiger partial charge in [0, 0.05) is 6.54 Å². The lowest BCUT2D eigenvalue weighted by atomic mass is 10.1. The van der Waals surface area contributed by atoms with E-state index in [0.29, 0.717) is 5.65 Å². The molecule has 19 heavy (non-hydrogen) atoms. The van der Waals surface area contributed by atoms with Crippen LogP contribution in [-0.4, -0.2) is 26.5 Å². The molecule has 0 bridgehead atoms. The Hall–Kier alpha value is -1.85. The van der Waals surface area contributed by atoms with Crippen molar-refractivity contribution in [2.24, 2.45) is 0 Å². The zero-order chi connectivity index (χ0) is 13.5. The number of imidazole rings is 1. The van der Waals surface area contributed by atoms with Gasteiger partial charge in [0.1, 0.15) is 5.52 Å². The molecule has 6 nitrogen and oxygen atoms in total. The Kier molecular flexibility index (Phi) is 4.94. The number of unbranched alkanes of at least 4 members (excludes halogenated alkanes) is 5. The fraction of sp³-hybridized carbons (Fsp3) is 0.615. The molecule has 0 saturated heterocycles. The molecule has 2 aromatic heterocycles. The smallest absolute Gasteiger partial charge is 0.224 e. The first kappa shape index (κ1) is 13.6. The molecule has 4 N–H and O–H groups in total. The predicted octanol–water partition coefficient (Wildman–Crippen LogP) is 2.71. The number of nitrogens with two attached hydrogens (primary N) is 1. The number of anilines is 2. The summed E-state index contributed by atoms with van der Waals surface area (Å²) in [6, 6.07) is 0. The first-order valence-electron chi connectivity index (χ1n) is 7.01. The minimum atomic E-state index is 0.255. The van der Waals surface area contributed by atoms with Crippen LogP contribution < -0.4 is 11.1 Å². The average molecular weight is 262 g/mol. The van der Waals surface area contributed by atoms with Crippen LogP contribution in [0.2, 0.25) is 0 Å². The standard InChI is InChI=1S/C13H22N6/c1-2-3-4-5-6-7-8-15-11-10-12(17-9-16-10)19-13(14)18-11/h9H,2-8H2,1H3,(H4,14,15,16,17,18,19). The van der Waals surface area contributed by atoms with Crippen LogP contribution in [0.1, 0.15) is 45.4 Å². The van der Waals surface area contributed by atoms with Crippen LogP contribution in [0.3, 0.4) is 0 Å². The molecule has 0 amide bonds. The molecule has 0 spiro atoms. The van der Waals surface area contributed by atoms with Crippen LogP contribution in [0, 0.1) is 0 Å². The van der Waals surface area contributed by atoms with E-state index in [0.717, 1.165) is 24.3 Å². The number of nitrogen functional groups attached to an aromatic ring is 1. The van der Waals surface area contributed by atoms with Gasteiger partial charge in [-0.1, -0.05) is 39.0 Å². The molecule has 6 heteroatoms. The van der Waals surface area contributed by atoms with E-state index in [2.05, 4.69) is 32.2 Å². The van der Waals surface area contributed by atoms with Crippen LogP contribution in [0.5, 0.6) is 0 Å². The summed E-state index contributed by atoms with van der Waals surface area (Å²) in [4.78, 5) is 15.4. The van der Waals surface area contributed by atoms with Crippen molar-refractivity contribution in [3.05, 3.63) is 6.33 Å². The molecule has 0 atom stereocenters. The van der Waals surface area contributed by atoms with Crippen LogP contribution >= 0.6 is 0 Å². The topological polar surface area (TPSA) is 92.5 Å². The van der Waals surface area contributed by atoms with Crippen molar-refractivity contribution in [1.29, 1.82) is 0 Å². The molecule has 0 aliphatic heterocycles. The monoisotopic (exact) mass is 262 g/mol. The van der Waals surface area contributed by atoms with Gasteiger partial charge in [0.2, 0.25) is 5.95 Å². The Labute approximate surface area is 113 Å². The van der Waals surface area contributed by atoms with Crippen molar-refractivity contribution in [2.75, 3.05) is 17.6 Å². The lowest BCUT2D eigenvalue weighted by Crippen LogP contribution is -2.06. The third-order valence-electron chi connectivity index (χ3n) is 3.13. The highest BCUT2D eigenvalue weighted by Crippen LogP contribution is 2.17. The molecule has 0 unspecified atom stereocenters. The van der Waals surface area contributed by atoms with E-state index in [-0.39, 0.29) is 5.95 Å². The minimum Gasteiger partial charge on any atom is -0.368 e. The summed E-state index contributed by atoms with van der Waals surface area (Å²) >= 11 is 0. The number of nitrogens with zero attached hydrogens (tertiary/aromatic N) is 3. The molecule has 0 aromatic carbocycles. The van der Waals surface area contributed by atoms with E-state index in [4.69, 9.17) is 5.73 Å². The second-order valence-corrected chi connectivity index (χ2v) is 4.73. The highest BCUT2D eigenvalue weighted by molar-refractivity contribution is 5.83. The SMILES string of the molecule is CCCCCCCCNc1nc(N)nc2nc[nH]c12. The number of aromatic amines is 1. The molecule has 2 aromatic rings. The first-order chi connectivity index (χ1) is 9.31. The normalized spacial score (nSPS) is 11.0. The molecule has 0 aliphatic carbocycles. The molecule has 0 radical (unpaired) electrons. The van der Waals surface area contributed by atoms with Gasteiger partial charge in [-0.05, 0) is 6.42 Å². The van der Waals surface area contributed by atoms with Crippen LogP contribution in [0.25, 0.3) is 11.2 Å². The zero-order valence-corrected chi connectivity index (χ0v) is 11.4. The summed E-state index contributed by atoms with van der Waals surface area (Å²) in [6.07, 6.45) is 9.27. The maximum atomic E-state index is 5.65. The summed E-state index contributed by atoms with van der Waals surface area (Å²) < 4.78 is 0. The van der Waals surface area contributed by atoms with Gasteiger partial charge in [-0.25, -0.2) is 4.98 Å². The van der Waals surface area contributed by atoms with Gasteiger partial charge < -0.3 is 16.0 Å². The maximum Gasteiger partial charge on any atom is 0.224 e. The van der Waals surface area contributed by atoms with E-state index in [1.165, 1.54) is 32.1 Å². The van der Waals surface area contributed by atoms with Gasteiger partial charge in [-0.2, -0.15) is 9.97 Å². The summed E-state index contributed by atoms with van der Waals surface area (Å²) in [5, 5.41) is 3.30. The fourth-order valence-electron chi connectivity index (χ4n) is 2.09. The molecule has 2 rings (SSSR count). The molecule has 0 fully saturated rings. The molecule has 2 heterocycles. The van der Waals surface area contributed by atoms with Crippen molar-refractivity contribution >= 4 is 22.9 Å². The number of nitrogens with one attached hydrogen (secondary N) is 2. The van der Waals surface area contributed by atoms with Crippen LogP contribution in [0.15, 0.2) is 6.33 Å². The number of H-pyrrole nitrogens is 1. The van der Waals surface area contributed by atoms with E-state index in [1.54, 1.807) is 6.33 Å². The van der Waals surface area contributed by atoms with Gasteiger partial charge >= 0.3 is 0 Å². The minimum absolute atomic E-state index is 0.255. The highest BCUT2D eigenvalue weighted by Gasteiger charge is 2.07. The Balaban J connectivity index is 1.79. The van der Waals surface area contributed by atoms with Crippen molar-refractivity contribution < 1.29 is 0 Å². The second-order valence-electron chi connectivity index (χ2n) is 4.73. The van der Waals surface area contributed by atoms with Gasteiger partial charge in [0.25, 0.3) is 0 Å². The van der Waals surface area contributed by atoms with Crippen molar-refractivity contribution in [3.63, 3.8) is 0 Å². The highest BCUT2D eigenvalue weighted by atomic mass is 15.1. The molecular formula is C13H22N6. The van der Waals surface area contributed by atoms with E-state index < -0.39 is 0 Å². The maximum absolute atomic E-state index is 5.65. The lowest BCUT2D eigenvalue weighted by molar-refractivity contribution is 0.617. The molecule has 0 saturated carbocycles. The van der Waals surface area contributed by atoms with Gasteiger partial charge in [0.05, 0.1) is 6.33 Å². The quantitative estimate of drug-likeness (QED) is 0.636. The van der Waals surface area contributed by atoms with E-state index >= 15 is 0 Å². The van der Waals surface area contributed by atoms with E-state index in [9.17, 15) is 0 Å². The fourth-order valence-corrected chi connectivity index (χ4v) is 2.09. The molecule has 104 valence electrons. The summed E-state index contributed by atoms with van der Waals surface area (Å²) in [5.74, 6) is 0.999. The number of hydrogen-bond donors (Lipinski definition) is 3. The Morgan fingerprint density at radius 2 is 1.95 bits per heavy atom. The first-order valence-corrected chi connectivity index (χ1v) is 7.01. The third-order valence-corrected chi connectivity index (χ3v) is 3.13. The summed E-state index contributed by atoms with van der Waals surface area (Å²) in [6.45, 7) is 3.13. The molecule has 0 aliphatic rings. The third kappa shape index (κ3) is 3.81. The Morgan fingerprint density at radius 1 is 1.16 bits per heavy atom. The van der Waals surface area contributed by atoms with E-state index in [1.807, 2.05) is 0 Å². The predicted molar refractivity (Wildman–Crippen MR) is 78.0 cm³/mol. The number of fused-ring (bicyclic) bond motifs is 1. The average Bonchev–Trinajstić information content (AvgIpc) is 2.85. The van der Waals surface area contributed by atoms with Crippen LogP contribution in [-0.2, 0) is 0 Å². The number of hydrogen-bond acceptors (Lipinski definition) is 5. The number of rotatable bonds is 8. The Bertz CT molecular complexity index is 507. The van der Waals surface area contributed by atoms with Gasteiger partial charge in [-0.15, -0.1) is 0 Å². The summed E-state index contributed by atoms with van der Waals surface area (Å²) in [7, 11) is 0. The largest absolute Gasteiger partial charge is 0.368 e.